The van der Waals surface area contributed by atoms with Gasteiger partial charge in [-0.05, 0) is 97.0 Å². The van der Waals surface area contributed by atoms with Crippen molar-refractivity contribution >= 4 is 5.78 Å². The van der Waals surface area contributed by atoms with Crippen molar-refractivity contribution < 1.29 is 20.1 Å². The number of aliphatic hydroxyl groups is 3. The number of carbonyl (C=O) groups excluding carboxylic acids is 1. The van der Waals surface area contributed by atoms with Crippen molar-refractivity contribution in [1.29, 1.82) is 0 Å². The molecule has 4 rings (SSSR count). The van der Waals surface area contributed by atoms with E-state index in [-0.39, 0.29) is 21.7 Å². The molecular weight excluding hydrogens is 424 g/mol. The van der Waals surface area contributed by atoms with Crippen LogP contribution in [0.1, 0.15) is 99.8 Å². The van der Waals surface area contributed by atoms with Crippen LogP contribution < -0.4 is 0 Å². The van der Waals surface area contributed by atoms with Crippen LogP contribution in [0.3, 0.4) is 0 Å². The van der Waals surface area contributed by atoms with E-state index in [1.807, 2.05) is 0 Å². The third-order valence-electron chi connectivity index (χ3n) is 11.7. The van der Waals surface area contributed by atoms with Crippen LogP contribution in [0.2, 0.25) is 0 Å². The zero-order chi connectivity index (χ0) is 25.3. The van der Waals surface area contributed by atoms with Gasteiger partial charge in [0, 0.05) is 11.8 Å². The van der Waals surface area contributed by atoms with Gasteiger partial charge in [-0.3, -0.25) is 4.79 Å². The van der Waals surface area contributed by atoms with Crippen LogP contribution >= 0.6 is 0 Å². The second-order valence-electron chi connectivity index (χ2n) is 13.8. The van der Waals surface area contributed by atoms with Crippen LogP contribution in [0.5, 0.6) is 0 Å². The number of ketones is 1. The smallest absolute Gasteiger partial charge is 0.138 e. The molecule has 3 N–H and O–H groups in total. The monoisotopic (exact) mass is 472 g/mol. The summed E-state index contributed by atoms with van der Waals surface area (Å²) < 4.78 is 0. The van der Waals surface area contributed by atoms with Crippen molar-refractivity contribution in [3.8, 4) is 0 Å². The van der Waals surface area contributed by atoms with Crippen LogP contribution in [-0.4, -0.2) is 39.4 Å². The Morgan fingerprint density at radius 2 is 1.76 bits per heavy atom. The second-order valence-corrected chi connectivity index (χ2v) is 13.8. The van der Waals surface area contributed by atoms with Gasteiger partial charge in [-0.15, -0.1) is 0 Å². The van der Waals surface area contributed by atoms with Gasteiger partial charge < -0.3 is 15.3 Å². The highest BCUT2D eigenvalue weighted by Crippen LogP contribution is 2.71. The van der Waals surface area contributed by atoms with Gasteiger partial charge >= 0.3 is 0 Å². The maximum Gasteiger partial charge on any atom is 0.138 e. The summed E-state index contributed by atoms with van der Waals surface area (Å²) in [5.41, 5.74) is 1.76. The Labute approximate surface area is 206 Å². The van der Waals surface area contributed by atoms with E-state index in [1.54, 1.807) is 5.57 Å². The molecule has 4 aliphatic rings. The van der Waals surface area contributed by atoms with Crippen molar-refractivity contribution in [3.05, 3.63) is 23.3 Å². The van der Waals surface area contributed by atoms with Crippen LogP contribution in [0.15, 0.2) is 23.3 Å². The summed E-state index contributed by atoms with van der Waals surface area (Å²) in [6.45, 7) is 15.1. The normalized spacial score (nSPS) is 42.5. The zero-order valence-electron chi connectivity index (χ0n) is 22.6. The van der Waals surface area contributed by atoms with E-state index in [0.717, 1.165) is 25.7 Å². The highest BCUT2D eigenvalue weighted by atomic mass is 16.4. The zero-order valence-corrected chi connectivity index (χ0v) is 22.6. The average Bonchev–Trinajstić information content (AvgIpc) is 3.06. The minimum absolute atomic E-state index is 0.0789. The Morgan fingerprint density at radius 3 is 2.41 bits per heavy atom. The third kappa shape index (κ3) is 3.53. The van der Waals surface area contributed by atoms with Gasteiger partial charge in [0.15, 0.2) is 0 Å². The SMILES string of the molecule is C[C@H](CC[C@H](O)[C@@](C)(O)CO)[C@H]1CC[C@@]2(C)C3=CC[C@H]4C(C)(C)C(=O)CC[C@]4(C)C3=CC[C@]12C. The molecule has 192 valence electrons. The van der Waals surface area contributed by atoms with E-state index < -0.39 is 18.3 Å². The molecule has 4 nitrogen and oxygen atoms in total. The fraction of sp³-hybridized carbons (Fsp3) is 0.833. The first-order valence-corrected chi connectivity index (χ1v) is 13.6. The van der Waals surface area contributed by atoms with Gasteiger partial charge in [0.1, 0.15) is 11.4 Å². The molecule has 0 aromatic rings. The fourth-order valence-corrected chi connectivity index (χ4v) is 8.80. The Kier molecular flexibility index (Phi) is 6.36. The molecule has 0 aromatic carbocycles. The molecule has 2 saturated carbocycles. The molecule has 0 unspecified atom stereocenters. The highest BCUT2D eigenvalue weighted by molar-refractivity contribution is 5.86. The molecule has 0 radical (unpaired) electrons. The van der Waals surface area contributed by atoms with Crippen LogP contribution in [0.25, 0.3) is 0 Å². The Hall–Kier alpha value is -0.970. The fourth-order valence-electron chi connectivity index (χ4n) is 8.80. The molecule has 0 bridgehead atoms. The Bertz CT molecular complexity index is 897. The van der Waals surface area contributed by atoms with E-state index in [0.29, 0.717) is 36.4 Å². The van der Waals surface area contributed by atoms with Crippen molar-refractivity contribution in [1.82, 2.24) is 0 Å². The molecule has 4 heteroatoms. The van der Waals surface area contributed by atoms with Gasteiger partial charge in [0.2, 0.25) is 0 Å². The molecule has 8 atom stereocenters. The quantitative estimate of drug-likeness (QED) is 0.470. The minimum atomic E-state index is -1.44. The van der Waals surface area contributed by atoms with Crippen molar-refractivity contribution in [2.24, 2.45) is 39.4 Å². The molecule has 0 heterocycles. The van der Waals surface area contributed by atoms with Crippen LogP contribution in [0, 0.1) is 39.4 Å². The topological polar surface area (TPSA) is 77.8 Å². The van der Waals surface area contributed by atoms with E-state index in [1.165, 1.54) is 25.3 Å². The average molecular weight is 473 g/mol. The molecule has 0 aliphatic heterocycles. The largest absolute Gasteiger partial charge is 0.393 e. The summed E-state index contributed by atoms with van der Waals surface area (Å²) >= 11 is 0. The maximum atomic E-state index is 12.8. The summed E-state index contributed by atoms with van der Waals surface area (Å²) in [7, 11) is 0. The number of hydrogen-bond acceptors (Lipinski definition) is 4. The van der Waals surface area contributed by atoms with Crippen LogP contribution in [-0.2, 0) is 4.79 Å². The summed E-state index contributed by atoms with van der Waals surface area (Å²) in [6.07, 6.45) is 11.6. The van der Waals surface area contributed by atoms with Gasteiger partial charge in [0.05, 0.1) is 12.7 Å². The van der Waals surface area contributed by atoms with Crippen molar-refractivity contribution in [3.63, 3.8) is 0 Å². The first-order valence-electron chi connectivity index (χ1n) is 13.6. The molecule has 2 fully saturated rings. The van der Waals surface area contributed by atoms with E-state index in [2.05, 4.69) is 53.7 Å². The lowest BCUT2D eigenvalue weighted by Crippen LogP contribution is -2.53. The molecule has 0 amide bonds. The summed E-state index contributed by atoms with van der Waals surface area (Å²) in [5.74, 6) is 1.79. The number of fused-ring (bicyclic) bond motifs is 5. The number of carbonyl (C=O) groups is 1. The number of Topliss-reactive ketones (excluding diaryl/α,β-unsaturated/α-hetero) is 1. The molecule has 0 saturated heterocycles. The summed E-state index contributed by atoms with van der Waals surface area (Å²) in [5, 5.41) is 30.0. The van der Waals surface area contributed by atoms with Gasteiger partial charge in [-0.25, -0.2) is 0 Å². The van der Waals surface area contributed by atoms with E-state index in [4.69, 9.17) is 0 Å². The van der Waals surface area contributed by atoms with Crippen molar-refractivity contribution in [2.75, 3.05) is 6.61 Å². The third-order valence-corrected chi connectivity index (χ3v) is 11.7. The minimum Gasteiger partial charge on any atom is -0.393 e. The van der Waals surface area contributed by atoms with Gasteiger partial charge in [-0.1, -0.05) is 53.7 Å². The number of hydrogen-bond donors (Lipinski definition) is 3. The number of allylic oxidation sites excluding steroid dienone is 4. The lowest BCUT2D eigenvalue weighted by Gasteiger charge is -2.59. The molecular formula is C30H48O4. The summed E-state index contributed by atoms with van der Waals surface area (Å²) in [6, 6.07) is 0. The molecule has 0 aromatic heterocycles. The van der Waals surface area contributed by atoms with Crippen LogP contribution in [0.4, 0.5) is 0 Å². The second kappa shape index (κ2) is 8.28. The number of rotatable bonds is 6. The summed E-state index contributed by atoms with van der Waals surface area (Å²) in [4.78, 5) is 12.8. The molecule has 0 spiro atoms. The molecule has 4 aliphatic carbocycles. The predicted octanol–water partition coefficient (Wildman–Crippen LogP) is 5.60. The van der Waals surface area contributed by atoms with Gasteiger partial charge in [0.25, 0.3) is 0 Å². The lowest BCUT2D eigenvalue weighted by atomic mass is 9.44. The van der Waals surface area contributed by atoms with E-state index >= 15 is 0 Å². The highest BCUT2D eigenvalue weighted by Gasteiger charge is 2.63. The Morgan fingerprint density at radius 1 is 1.09 bits per heavy atom. The Balaban J connectivity index is 1.60. The number of aliphatic hydroxyl groups excluding tert-OH is 2. The first kappa shape index (κ1) is 26.1. The maximum absolute atomic E-state index is 12.8. The van der Waals surface area contributed by atoms with E-state index in [9.17, 15) is 20.1 Å². The van der Waals surface area contributed by atoms with Crippen molar-refractivity contribution in [2.45, 2.75) is 112 Å². The first-order chi connectivity index (χ1) is 15.6. The predicted molar refractivity (Wildman–Crippen MR) is 136 cm³/mol. The lowest BCUT2D eigenvalue weighted by molar-refractivity contribution is -0.138. The molecule has 34 heavy (non-hydrogen) atoms. The van der Waals surface area contributed by atoms with Gasteiger partial charge in [-0.2, -0.15) is 0 Å². The standard InChI is InChI=1S/C30H48O4/c1-19(8-11-25(33)30(7,34)18-31)20-12-16-29(6)22-9-10-23-26(2,3)24(32)14-15-27(23,4)21(22)13-17-28(20,29)5/h9,13,19-20,23,25,31,33-34H,8,10-12,14-18H2,1-7H3/t19-,20-,23+,25+,27-,28-,29+,30+/m1/s1.